The molecule has 0 saturated carbocycles. The summed E-state index contributed by atoms with van der Waals surface area (Å²) in [7, 11) is 0. The van der Waals surface area contributed by atoms with E-state index in [1.54, 1.807) is 19.1 Å². The maximum Gasteiger partial charge on any atom is 0.171 e. The third kappa shape index (κ3) is 2.24. The summed E-state index contributed by atoms with van der Waals surface area (Å²) >= 11 is 0. The van der Waals surface area contributed by atoms with Crippen molar-refractivity contribution < 1.29 is 14.9 Å². The number of nitrogen functional groups attached to an aromatic ring is 2. The van der Waals surface area contributed by atoms with Gasteiger partial charge in [0.2, 0.25) is 0 Å². The molecule has 0 spiro atoms. The van der Waals surface area contributed by atoms with Gasteiger partial charge in [-0.3, -0.25) is 0 Å². The number of hydrogen-bond donors (Lipinski definition) is 4. The number of rotatable bonds is 2. The summed E-state index contributed by atoms with van der Waals surface area (Å²) in [6, 6.07) is 7.44. The average Bonchev–Trinajstić information content (AvgIpc) is 2.30. The lowest BCUT2D eigenvalue weighted by Crippen LogP contribution is -1.94. The third-order valence-corrected chi connectivity index (χ3v) is 2.53. The number of aryl methyl sites for hydroxylation is 1. The largest absolute Gasteiger partial charge is 0.508 e. The average molecular weight is 246 g/mol. The van der Waals surface area contributed by atoms with Crippen LogP contribution in [0.4, 0.5) is 11.4 Å². The van der Waals surface area contributed by atoms with Crippen LogP contribution in [0.2, 0.25) is 0 Å². The van der Waals surface area contributed by atoms with Crippen LogP contribution in [0.15, 0.2) is 30.3 Å². The van der Waals surface area contributed by atoms with Crippen molar-refractivity contribution in [2.24, 2.45) is 0 Å². The van der Waals surface area contributed by atoms with E-state index < -0.39 is 0 Å². The summed E-state index contributed by atoms with van der Waals surface area (Å²) in [4.78, 5) is 0. The van der Waals surface area contributed by atoms with Crippen molar-refractivity contribution in [1.29, 1.82) is 0 Å². The molecule has 18 heavy (non-hydrogen) atoms. The zero-order valence-corrected chi connectivity index (χ0v) is 9.84. The standard InChI is InChI=1S/C13H14N2O3/c1-7-4-9(15)12(6-11(7)17)18-13-5-8(14)2-3-10(13)16/h2-6,16-17H,14-15H2,1H3. The Labute approximate surface area is 104 Å². The third-order valence-electron chi connectivity index (χ3n) is 2.53. The van der Waals surface area contributed by atoms with Crippen molar-refractivity contribution in [1.82, 2.24) is 0 Å². The highest BCUT2D eigenvalue weighted by Gasteiger charge is 2.09. The van der Waals surface area contributed by atoms with Crippen molar-refractivity contribution in [3.8, 4) is 23.0 Å². The van der Waals surface area contributed by atoms with Gasteiger partial charge >= 0.3 is 0 Å². The van der Waals surface area contributed by atoms with Crippen molar-refractivity contribution in [3.63, 3.8) is 0 Å². The molecule has 0 saturated heterocycles. The number of phenols is 2. The van der Waals surface area contributed by atoms with Gasteiger partial charge in [0, 0.05) is 17.8 Å². The number of aromatic hydroxyl groups is 2. The highest BCUT2D eigenvalue weighted by molar-refractivity contribution is 5.61. The SMILES string of the molecule is Cc1cc(N)c(Oc2cc(N)ccc2O)cc1O. The molecule has 0 bridgehead atoms. The molecule has 6 N–H and O–H groups in total. The molecular formula is C13H14N2O3. The highest BCUT2D eigenvalue weighted by Crippen LogP contribution is 2.37. The molecule has 2 aromatic carbocycles. The molecule has 2 rings (SSSR count). The fraction of sp³-hybridized carbons (Fsp3) is 0.0769. The zero-order chi connectivity index (χ0) is 13.3. The van der Waals surface area contributed by atoms with Crippen LogP contribution in [0.25, 0.3) is 0 Å². The molecule has 0 radical (unpaired) electrons. The zero-order valence-electron chi connectivity index (χ0n) is 9.84. The maximum absolute atomic E-state index is 9.63. The molecule has 0 amide bonds. The minimum absolute atomic E-state index is 0.0522. The number of hydrogen-bond acceptors (Lipinski definition) is 5. The molecule has 0 heterocycles. The number of nitrogens with two attached hydrogens (primary N) is 2. The number of ether oxygens (including phenoxy) is 1. The van der Waals surface area contributed by atoms with Crippen LogP contribution in [-0.4, -0.2) is 10.2 Å². The van der Waals surface area contributed by atoms with E-state index in [4.69, 9.17) is 16.2 Å². The molecule has 94 valence electrons. The maximum atomic E-state index is 9.63. The van der Waals surface area contributed by atoms with E-state index in [0.717, 1.165) is 0 Å². The van der Waals surface area contributed by atoms with Crippen LogP contribution >= 0.6 is 0 Å². The van der Waals surface area contributed by atoms with E-state index >= 15 is 0 Å². The van der Waals surface area contributed by atoms with E-state index in [1.165, 1.54) is 18.2 Å². The first-order valence-corrected chi connectivity index (χ1v) is 5.33. The van der Waals surface area contributed by atoms with E-state index in [1.807, 2.05) is 0 Å². The minimum Gasteiger partial charge on any atom is -0.508 e. The molecular weight excluding hydrogens is 232 g/mol. The predicted octanol–water partition coefficient (Wildman–Crippen LogP) is 2.36. The van der Waals surface area contributed by atoms with Gasteiger partial charge in [-0.05, 0) is 30.7 Å². The normalized spacial score (nSPS) is 10.3. The van der Waals surface area contributed by atoms with Crippen molar-refractivity contribution >= 4 is 11.4 Å². The summed E-state index contributed by atoms with van der Waals surface area (Å²) in [6.07, 6.45) is 0. The van der Waals surface area contributed by atoms with Crippen LogP contribution in [0, 0.1) is 6.92 Å². The Morgan fingerprint density at radius 2 is 1.67 bits per heavy atom. The second-order valence-corrected chi connectivity index (χ2v) is 4.01. The Morgan fingerprint density at radius 3 is 2.39 bits per heavy atom. The fourth-order valence-corrected chi connectivity index (χ4v) is 1.52. The second-order valence-electron chi connectivity index (χ2n) is 4.01. The van der Waals surface area contributed by atoms with Crippen LogP contribution < -0.4 is 16.2 Å². The predicted molar refractivity (Wildman–Crippen MR) is 69.8 cm³/mol. The Hall–Kier alpha value is -2.56. The van der Waals surface area contributed by atoms with Gasteiger partial charge < -0.3 is 26.4 Å². The smallest absolute Gasteiger partial charge is 0.171 e. The Balaban J connectivity index is 2.40. The first kappa shape index (κ1) is 11.9. The molecule has 0 aromatic heterocycles. The Kier molecular flexibility index (Phi) is 2.89. The molecule has 0 aliphatic carbocycles. The summed E-state index contributed by atoms with van der Waals surface area (Å²) < 4.78 is 5.44. The van der Waals surface area contributed by atoms with Gasteiger partial charge in [-0.1, -0.05) is 0 Å². The molecule has 0 aliphatic rings. The highest BCUT2D eigenvalue weighted by atomic mass is 16.5. The minimum atomic E-state index is -0.0522. The van der Waals surface area contributed by atoms with Gasteiger partial charge in [-0.2, -0.15) is 0 Å². The van der Waals surface area contributed by atoms with E-state index in [9.17, 15) is 10.2 Å². The van der Waals surface area contributed by atoms with E-state index in [0.29, 0.717) is 16.9 Å². The van der Waals surface area contributed by atoms with Crippen LogP contribution in [0.1, 0.15) is 5.56 Å². The van der Waals surface area contributed by atoms with Gasteiger partial charge in [-0.25, -0.2) is 0 Å². The molecule has 0 aliphatic heterocycles. The first-order chi connectivity index (χ1) is 8.47. The number of anilines is 2. The number of phenolic OH excluding ortho intramolecular Hbond substituents is 2. The molecule has 0 fully saturated rings. The quantitative estimate of drug-likeness (QED) is 0.481. The second kappa shape index (κ2) is 4.37. The molecule has 5 nitrogen and oxygen atoms in total. The lowest BCUT2D eigenvalue weighted by molar-refractivity contribution is 0.409. The van der Waals surface area contributed by atoms with Crippen LogP contribution in [0.5, 0.6) is 23.0 Å². The number of benzene rings is 2. The van der Waals surface area contributed by atoms with Crippen LogP contribution in [0.3, 0.4) is 0 Å². The monoisotopic (exact) mass is 246 g/mol. The molecule has 0 atom stereocenters. The fourth-order valence-electron chi connectivity index (χ4n) is 1.52. The Morgan fingerprint density at radius 1 is 0.944 bits per heavy atom. The Bertz CT molecular complexity index is 597. The van der Waals surface area contributed by atoms with Crippen LogP contribution in [-0.2, 0) is 0 Å². The summed E-state index contributed by atoms with van der Waals surface area (Å²) in [5.41, 5.74) is 12.9. The molecule has 2 aromatic rings. The summed E-state index contributed by atoms with van der Waals surface area (Å²) in [6.45, 7) is 1.73. The molecule has 5 heteroatoms. The van der Waals surface area contributed by atoms with Gasteiger partial charge in [0.15, 0.2) is 17.2 Å². The van der Waals surface area contributed by atoms with Gasteiger partial charge in [0.05, 0.1) is 5.69 Å². The lowest BCUT2D eigenvalue weighted by atomic mass is 10.2. The lowest BCUT2D eigenvalue weighted by Gasteiger charge is -2.11. The van der Waals surface area contributed by atoms with Crippen molar-refractivity contribution in [2.45, 2.75) is 6.92 Å². The van der Waals surface area contributed by atoms with Gasteiger partial charge in [0.1, 0.15) is 5.75 Å². The van der Waals surface area contributed by atoms with Gasteiger partial charge in [-0.15, -0.1) is 0 Å². The summed E-state index contributed by atoms with van der Waals surface area (Å²) in [5, 5.41) is 19.2. The topological polar surface area (TPSA) is 102 Å². The molecule has 0 unspecified atom stereocenters. The van der Waals surface area contributed by atoms with E-state index in [2.05, 4.69) is 0 Å². The van der Waals surface area contributed by atoms with Gasteiger partial charge in [0.25, 0.3) is 0 Å². The van der Waals surface area contributed by atoms with Crippen molar-refractivity contribution in [3.05, 3.63) is 35.9 Å². The van der Waals surface area contributed by atoms with Crippen molar-refractivity contribution in [2.75, 3.05) is 11.5 Å². The summed E-state index contributed by atoms with van der Waals surface area (Å²) in [5.74, 6) is 0.468. The first-order valence-electron chi connectivity index (χ1n) is 5.33. The van der Waals surface area contributed by atoms with E-state index in [-0.39, 0.29) is 23.0 Å².